The van der Waals surface area contributed by atoms with Crippen LogP contribution in [0.5, 0.6) is 0 Å². The number of sulfonamides is 1. The number of likely N-dealkylation sites (N-methyl/N-ethyl adjacent to an activating group) is 2. The summed E-state index contributed by atoms with van der Waals surface area (Å²) in [4.78, 5) is 1.93. The molecule has 7 heteroatoms. The Hall–Kier alpha value is -0.920. The highest BCUT2D eigenvalue weighted by Gasteiger charge is 2.09. The van der Waals surface area contributed by atoms with Gasteiger partial charge in [0.1, 0.15) is 0 Å². The van der Waals surface area contributed by atoms with Crippen molar-refractivity contribution >= 4 is 16.7 Å². The van der Waals surface area contributed by atoms with Crippen molar-refractivity contribution in [2.24, 2.45) is 10.2 Å². The summed E-state index contributed by atoms with van der Waals surface area (Å²) >= 11 is 0. The smallest absolute Gasteiger partial charge is 0.233 e. The topological polar surface area (TPSA) is 79.0 Å². The SMILES string of the molecule is C=NN(C)/C(=C/S(N)(=O)=O)CN(C)CC. The highest BCUT2D eigenvalue weighted by atomic mass is 32.2. The van der Waals surface area contributed by atoms with Gasteiger partial charge in [0.15, 0.2) is 0 Å². The van der Waals surface area contributed by atoms with Gasteiger partial charge in [-0.15, -0.1) is 0 Å². The molecule has 0 rings (SSSR count). The van der Waals surface area contributed by atoms with E-state index < -0.39 is 10.0 Å². The molecule has 88 valence electrons. The Balaban J connectivity index is 4.90. The molecule has 0 heterocycles. The number of hydrogen-bond acceptors (Lipinski definition) is 5. The maximum atomic E-state index is 10.9. The standard InChI is InChI=1S/C8H18N4O2S/c1-5-11(3)6-8(12(4)10-2)7-15(9,13)14/h7H,2,5-6H2,1,3-4H3,(H2,9,13,14)/b8-7+. The molecular formula is C8H18N4O2S. The van der Waals surface area contributed by atoms with Crippen LogP contribution in [0.4, 0.5) is 0 Å². The molecule has 0 amide bonds. The van der Waals surface area contributed by atoms with E-state index >= 15 is 0 Å². The fourth-order valence-electron chi connectivity index (χ4n) is 0.885. The Labute approximate surface area is 91.1 Å². The third kappa shape index (κ3) is 6.21. The van der Waals surface area contributed by atoms with Crippen molar-refractivity contribution in [3.63, 3.8) is 0 Å². The molecule has 0 aromatic carbocycles. The number of hydrazone groups is 1. The summed E-state index contributed by atoms with van der Waals surface area (Å²) in [6.07, 6.45) is 0. The van der Waals surface area contributed by atoms with Gasteiger partial charge < -0.3 is 4.90 Å². The zero-order valence-corrected chi connectivity index (χ0v) is 10.2. The van der Waals surface area contributed by atoms with Crippen LogP contribution in [0.15, 0.2) is 16.2 Å². The largest absolute Gasteiger partial charge is 0.301 e. The van der Waals surface area contributed by atoms with Gasteiger partial charge in [-0.3, -0.25) is 5.01 Å². The fraction of sp³-hybridized carbons (Fsp3) is 0.625. The highest BCUT2D eigenvalue weighted by molar-refractivity contribution is 7.92. The molecule has 0 radical (unpaired) electrons. The molecular weight excluding hydrogens is 216 g/mol. The second-order valence-electron chi connectivity index (χ2n) is 3.19. The number of rotatable bonds is 6. The highest BCUT2D eigenvalue weighted by Crippen LogP contribution is 2.05. The summed E-state index contributed by atoms with van der Waals surface area (Å²) in [6, 6.07) is 0. The lowest BCUT2D eigenvalue weighted by Gasteiger charge is -2.21. The summed E-state index contributed by atoms with van der Waals surface area (Å²) in [7, 11) is -0.163. The van der Waals surface area contributed by atoms with Gasteiger partial charge in [-0.1, -0.05) is 6.92 Å². The van der Waals surface area contributed by atoms with E-state index in [1.807, 2.05) is 18.9 Å². The average molecular weight is 234 g/mol. The summed E-state index contributed by atoms with van der Waals surface area (Å²) < 4.78 is 21.9. The third-order valence-corrected chi connectivity index (χ3v) is 2.50. The van der Waals surface area contributed by atoms with Crippen molar-refractivity contribution in [3.8, 4) is 0 Å². The van der Waals surface area contributed by atoms with E-state index in [1.54, 1.807) is 7.05 Å². The molecule has 0 unspecified atom stereocenters. The van der Waals surface area contributed by atoms with E-state index in [4.69, 9.17) is 5.14 Å². The molecule has 0 atom stereocenters. The predicted molar refractivity (Wildman–Crippen MR) is 61.7 cm³/mol. The quantitative estimate of drug-likeness (QED) is 0.501. The van der Waals surface area contributed by atoms with Crippen LogP contribution in [-0.4, -0.2) is 52.2 Å². The van der Waals surface area contributed by atoms with Gasteiger partial charge in [-0.2, -0.15) is 5.10 Å². The van der Waals surface area contributed by atoms with Crippen LogP contribution in [0.2, 0.25) is 0 Å². The molecule has 2 N–H and O–H groups in total. The Bertz CT molecular complexity index is 337. The van der Waals surface area contributed by atoms with Crippen molar-refractivity contribution < 1.29 is 8.42 Å². The van der Waals surface area contributed by atoms with E-state index in [1.165, 1.54) is 5.01 Å². The molecule has 0 aliphatic carbocycles. The van der Waals surface area contributed by atoms with Crippen LogP contribution in [0.25, 0.3) is 0 Å². The lowest BCUT2D eigenvalue weighted by atomic mass is 10.4. The van der Waals surface area contributed by atoms with Gasteiger partial charge in [0.25, 0.3) is 0 Å². The second kappa shape index (κ2) is 5.84. The first-order chi connectivity index (χ1) is 6.80. The predicted octanol–water partition coefficient (Wildman–Crippen LogP) is -0.385. The van der Waals surface area contributed by atoms with Crippen LogP contribution >= 0.6 is 0 Å². The summed E-state index contributed by atoms with van der Waals surface area (Å²) in [5.41, 5.74) is 0.483. The Morgan fingerprint density at radius 2 is 2.07 bits per heavy atom. The van der Waals surface area contributed by atoms with Gasteiger partial charge in [-0.25, -0.2) is 13.6 Å². The van der Waals surface area contributed by atoms with Crippen LogP contribution < -0.4 is 5.14 Å². The summed E-state index contributed by atoms with van der Waals surface area (Å²) in [5, 5.41) is 10.9. The Kier molecular flexibility index (Phi) is 5.48. The maximum Gasteiger partial charge on any atom is 0.233 e. The van der Waals surface area contributed by atoms with Crippen molar-refractivity contribution in [2.45, 2.75) is 6.92 Å². The lowest BCUT2D eigenvalue weighted by molar-refractivity contribution is 0.327. The minimum Gasteiger partial charge on any atom is -0.301 e. The normalized spacial score (nSPS) is 13.0. The first-order valence-corrected chi connectivity index (χ1v) is 6.03. The van der Waals surface area contributed by atoms with E-state index in [0.717, 1.165) is 12.0 Å². The minimum atomic E-state index is -3.65. The lowest BCUT2D eigenvalue weighted by Crippen LogP contribution is -2.27. The summed E-state index contributed by atoms with van der Waals surface area (Å²) in [6.45, 7) is 6.54. The van der Waals surface area contributed by atoms with E-state index in [-0.39, 0.29) is 0 Å². The van der Waals surface area contributed by atoms with E-state index in [0.29, 0.717) is 12.2 Å². The van der Waals surface area contributed by atoms with Gasteiger partial charge >= 0.3 is 0 Å². The van der Waals surface area contributed by atoms with Crippen molar-refractivity contribution in [1.29, 1.82) is 0 Å². The third-order valence-electron chi connectivity index (χ3n) is 1.90. The van der Waals surface area contributed by atoms with Crippen molar-refractivity contribution in [3.05, 3.63) is 11.1 Å². The van der Waals surface area contributed by atoms with Crippen molar-refractivity contribution in [1.82, 2.24) is 9.91 Å². The number of nitrogens with two attached hydrogens (primary N) is 1. The van der Waals surface area contributed by atoms with Crippen LogP contribution in [0.1, 0.15) is 6.92 Å². The van der Waals surface area contributed by atoms with Gasteiger partial charge in [-0.05, 0) is 13.6 Å². The summed E-state index contributed by atoms with van der Waals surface area (Å²) in [5.74, 6) is 0. The number of nitrogens with zero attached hydrogens (tertiary/aromatic N) is 3. The molecule has 0 bridgehead atoms. The maximum absolute atomic E-state index is 10.9. The zero-order chi connectivity index (χ0) is 12.1. The monoisotopic (exact) mass is 234 g/mol. The minimum absolute atomic E-state index is 0.447. The molecule has 0 aromatic heterocycles. The second-order valence-corrected chi connectivity index (χ2v) is 4.61. The van der Waals surface area contributed by atoms with E-state index in [9.17, 15) is 8.42 Å². The zero-order valence-electron chi connectivity index (χ0n) is 9.34. The molecule has 0 aliphatic rings. The van der Waals surface area contributed by atoms with Crippen LogP contribution in [0, 0.1) is 0 Å². The molecule has 6 nitrogen and oxygen atoms in total. The molecule has 0 saturated heterocycles. The van der Waals surface area contributed by atoms with E-state index in [2.05, 4.69) is 11.8 Å². The first-order valence-electron chi connectivity index (χ1n) is 4.42. The first kappa shape index (κ1) is 14.1. The van der Waals surface area contributed by atoms with Gasteiger partial charge in [0, 0.05) is 20.3 Å². The van der Waals surface area contributed by atoms with Crippen LogP contribution in [0.3, 0.4) is 0 Å². The van der Waals surface area contributed by atoms with Crippen molar-refractivity contribution in [2.75, 3.05) is 27.2 Å². The molecule has 0 saturated carbocycles. The molecule has 0 spiro atoms. The molecule has 0 aliphatic heterocycles. The molecule has 0 aromatic rings. The Morgan fingerprint density at radius 1 is 1.53 bits per heavy atom. The average Bonchev–Trinajstić information content (AvgIpc) is 2.13. The van der Waals surface area contributed by atoms with Gasteiger partial charge in [0.2, 0.25) is 10.0 Å². The Morgan fingerprint density at radius 3 is 2.40 bits per heavy atom. The fourth-order valence-corrected chi connectivity index (χ4v) is 1.49. The van der Waals surface area contributed by atoms with Crippen LogP contribution in [-0.2, 0) is 10.0 Å². The molecule has 15 heavy (non-hydrogen) atoms. The van der Waals surface area contributed by atoms with Gasteiger partial charge in [0.05, 0.1) is 11.1 Å². The number of hydrogen-bond donors (Lipinski definition) is 1. The molecule has 0 fully saturated rings. The number of primary sulfonamides is 1.